The maximum absolute atomic E-state index is 13.8. The number of thiazole rings is 1. The van der Waals surface area contributed by atoms with Crippen molar-refractivity contribution < 1.29 is 19.4 Å². The molecule has 1 aromatic heterocycles. The molecule has 7 atom stereocenters. The van der Waals surface area contributed by atoms with Crippen molar-refractivity contribution in [3.05, 3.63) is 67.0 Å². The van der Waals surface area contributed by atoms with E-state index in [1.165, 1.54) is 23.3 Å². The number of hydrogen-bond acceptors (Lipinski definition) is 7. The minimum atomic E-state index is -0.355. The van der Waals surface area contributed by atoms with Gasteiger partial charge < -0.3 is 14.8 Å². The zero-order valence-corrected chi connectivity index (χ0v) is 22.2. The molecule has 2 aliphatic heterocycles. The van der Waals surface area contributed by atoms with Crippen molar-refractivity contribution in [1.29, 1.82) is 0 Å². The van der Waals surface area contributed by atoms with E-state index in [1.54, 1.807) is 30.0 Å². The van der Waals surface area contributed by atoms with E-state index in [2.05, 4.69) is 20.9 Å². The number of amides is 2. The number of nitrogens with one attached hydrogen (secondary N) is 1. The topological polar surface area (TPSA) is 99.7 Å². The highest BCUT2D eigenvalue weighted by molar-refractivity contribution is 9.10. The highest BCUT2D eigenvalue weighted by atomic mass is 79.9. The maximum atomic E-state index is 13.8. The summed E-state index contributed by atoms with van der Waals surface area (Å²) >= 11 is 6.29. The number of rotatable bonds is 3. The standard InChI is InChI=1S/C26H21BrN2O5S2/c1-34-16-8-10(2-7-15(16)30)17-18-13-9-14(21(18)35-23-22(17)36-26(33)28-23)20-19(13)24(31)29(25(20)32)12-5-3-11(27)4-6-12/h2-8,13-14,17-21,30H,9H2,1H3,(H,28,33)/t13-,14-,17?,18?,19?,20?,21?/m1/s1. The Morgan fingerprint density at radius 2 is 1.78 bits per heavy atom. The third-order valence-corrected chi connectivity index (χ3v) is 11.5. The van der Waals surface area contributed by atoms with Gasteiger partial charge in [0.1, 0.15) is 0 Å². The van der Waals surface area contributed by atoms with Crippen LogP contribution in [0.3, 0.4) is 0 Å². The predicted molar refractivity (Wildman–Crippen MR) is 140 cm³/mol. The van der Waals surface area contributed by atoms with Crippen LogP contribution in [-0.4, -0.2) is 34.3 Å². The summed E-state index contributed by atoms with van der Waals surface area (Å²) < 4.78 is 6.27. The number of carbonyl (C=O) groups is 2. The summed E-state index contributed by atoms with van der Waals surface area (Å²) in [5.41, 5.74) is 1.56. The molecule has 10 heteroatoms. The predicted octanol–water partition coefficient (Wildman–Crippen LogP) is 4.59. The van der Waals surface area contributed by atoms with Gasteiger partial charge in [-0.2, -0.15) is 0 Å². The van der Waals surface area contributed by atoms with Gasteiger partial charge in [-0.15, -0.1) is 11.8 Å². The number of nitrogens with zero attached hydrogens (tertiary/aromatic N) is 1. The van der Waals surface area contributed by atoms with Crippen LogP contribution < -0.4 is 14.5 Å². The number of anilines is 1. The monoisotopic (exact) mass is 584 g/mol. The van der Waals surface area contributed by atoms with Crippen molar-refractivity contribution in [3.8, 4) is 11.5 Å². The maximum Gasteiger partial charge on any atom is 0.305 e. The van der Waals surface area contributed by atoms with Crippen LogP contribution in [0.25, 0.3) is 0 Å². The van der Waals surface area contributed by atoms with E-state index in [0.29, 0.717) is 11.4 Å². The van der Waals surface area contributed by atoms with Gasteiger partial charge in [-0.1, -0.05) is 33.3 Å². The van der Waals surface area contributed by atoms with Gasteiger partial charge in [-0.05, 0) is 66.1 Å². The fraction of sp³-hybridized carbons (Fsp3) is 0.346. The zero-order valence-electron chi connectivity index (χ0n) is 19.0. The lowest BCUT2D eigenvalue weighted by Crippen LogP contribution is -2.42. The first-order valence-corrected chi connectivity index (χ1v) is 14.3. The van der Waals surface area contributed by atoms with E-state index in [0.717, 1.165) is 26.4 Å². The normalized spacial score (nSPS) is 31.9. The Hall–Kier alpha value is -2.56. The molecule has 2 aromatic carbocycles. The molecular formula is C26H21BrN2O5S2. The van der Waals surface area contributed by atoms with Gasteiger partial charge in [0, 0.05) is 20.5 Å². The van der Waals surface area contributed by atoms with Crippen LogP contribution in [0.4, 0.5) is 5.69 Å². The molecule has 7 rings (SSSR count). The molecule has 36 heavy (non-hydrogen) atoms. The first-order chi connectivity index (χ1) is 17.4. The van der Waals surface area contributed by atoms with Crippen LogP contribution >= 0.6 is 39.0 Å². The number of imide groups is 1. The van der Waals surface area contributed by atoms with Crippen molar-refractivity contribution >= 4 is 56.5 Å². The Morgan fingerprint density at radius 3 is 2.50 bits per heavy atom. The van der Waals surface area contributed by atoms with Crippen molar-refractivity contribution in [2.75, 3.05) is 12.0 Å². The van der Waals surface area contributed by atoms with Gasteiger partial charge in [-0.3, -0.25) is 19.3 Å². The number of methoxy groups -OCH3 is 1. The van der Waals surface area contributed by atoms with E-state index < -0.39 is 0 Å². The second-order valence-electron chi connectivity index (χ2n) is 9.88. The number of aromatic hydroxyl groups is 1. The lowest BCUT2D eigenvalue weighted by Gasteiger charge is -2.43. The summed E-state index contributed by atoms with van der Waals surface area (Å²) in [6, 6.07) is 12.6. The molecule has 5 unspecified atom stereocenters. The summed E-state index contributed by atoms with van der Waals surface area (Å²) in [6.45, 7) is 0. The Balaban J connectivity index is 1.33. The van der Waals surface area contributed by atoms with E-state index in [9.17, 15) is 19.5 Å². The minimum absolute atomic E-state index is 0.0320. The molecule has 0 spiro atoms. The third kappa shape index (κ3) is 3.01. The quantitative estimate of drug-likeness (QED) is 0.437. The number of ether oxygens (including phenoxy) is 1. The fourth-order valence-electron chi connectivity index (χ4n) is 7.12. The van der Waals surface area contributed by atoms with Crippen LogP contribution in [0.2, 0.25) is 0 Å². The summed E-state index contributed by atoms with van der Waals surface area (Å²) in [5, 5.41) is 11.2. The number of phenols is 1. The third-order valence-electron chi connectivity index (χ3n) is 8.37. The van der Waals surface area contributed by atoms with Gasteiger partial charge in [-0.25, -0.2) is 0 Å². The molecule has 2 N–H and O–H groups in total. The number of thioether (sulfide) groups is 1. The number of carbonyl (C=O) groups excluding carboxylic acids is 2. The van der Waals surface area contributed by atoms with Crippen molar-refractivity contribution in [3.63, 3.8) is 0 Å². The van der Waals surface area contributed by atoms with Crippen molar-refractivity contribution in [2.45, 2.75) is 22.6 Å². The second kappa shape index (κ2) is 7.97. The highest BCUT2D eigenvalue weighted by Gasteiger charge is 2.69. The molecule has 3 heterocycles. The van der Waals surface area contributed by atoms with Crippen molar-refractivity contribution in [1.82, 2.24) is 4.98 Å². The summed E-state index contributed by atoms with van der Waals surface area (Å²) in [7, 11) is 1.51. The highest BCUT2D eigenvalue weighted by Crippen LogP contribution is 2.68. The second-order valence-corrected chi connectivity index (χ2v) is 13.0. The van der Waals surface area contributed by atoms with Gasteiger partial charge in [0.25, 0.3) is 0 Å². The van der Waals surface area contributed by atoms with E-state index in [1.807, 2.05) is 24.3 Å². The van der Waals surface area contributed by atoms with E-state index >= 15 is 0 Å². The molecule has 4 aliphatic rings. The Kier molecular flexibility index (Phi) is 5.01. The van der Waals surface area contributed by atoms with Crippen LogP contribution in [0.15, 0.2) is 56.8 Å². The first kappa shape index (κ1) is 22.6. The Bertz CT molecular complexity index is 1480. The van der Waals surface area contributed by atoms with Crippen LogP contribution in [0.5, 0.6) is 11.5 Å². The summed E-state index contributed by atoms with van der Waals surface area (Å²) in [5.74, 6) is -0.407. The molecular weight excluding hydrogens is 564 g/mol. The Morgan fingerprint density at radius 1 is 1.06 bits per heavy atom. The molecule has 3 fully saturated rings. The average Bonchev–Trinajstić information content (AvgIpc) is 3.59. The van der Waals surface area contributed by atoms with E-state index in [-0.39, 0.29) is 63.2 Å². The van der Waals surface area contributed by atoms with Gasteiger partial charge in [0.15, 0.2) is 11.5 Å². The minimum Gasteiger partial charge on any atom is -0.504 e. The molecule has 2 aliphatic carbocycles. The molecule has 2 amide bonds. The smallest absolute Gasteiger partial charge is 0.305 e. The van der Waals surface area contributed by atoms with Crippen LogP contribution in [0, 0.1) is 29.6 Å². The molecule has 0 radical (unpaired) electrons. The van der Waals surface area contributed by atoms with Crippen molar-refractivity contribution in [2.24, 2.45) is 29.6 Å². The lowest BCUT2D eigenvalue weighted by molar-refractivity contribution is -0.123. The molecule has 7 nitrogen and oxygen atoms in total. The molecule has 3 aromatic rings. The zero-order chi connectivity index (χ0) is 24.9. The summed E-state index contributed by atoms with van der Waals surface area (Å²) in [6.07, 6.45) is 0.828. The average molecular weight is 586 g/mol. The molecule has 2 bridgehead atoms. The van der Waals surface area contributed by atoms with Gasteiger partial charge in [0.05, 0.1) is 29.7 Å². The van der Waals surface area contributed by atoms with Gasteiger partial charge >= 0.3 is 4.87 Å². The number of aromatic amines is 1. The van der Waals surface area contributed by atoms with Crippen LogP contribution in [0.1, 0.15) is 22.8 Å². The number of phenolic OH excluding ortho intramolecular Hbond substituents is 1. The first-order valence-electron chi connectivity index (χ1n) is 11.8. The van der Waals surface area contributed by atoms with Gasteiger partial charge in [0.2, 0.25) is 11.8 Å². The number of halogens is 1. The number of aromatic nitrogens is 1. The summed E-state index contributed by atoms with van der Waals surface area (Å²) in [4.78, 5) is 45.1. The molecule has 2 saturated carbocycles. The molecule has 1 saturated heterocycles. The number of hydrogen-bond donors (Lipinski definition) is 2. The fourth-order valence-corrected chi connectivity index (χ4v) is 10.3. The lowest BCUT2D eigenvalue weighted by atomic mass is 9.68. The number of fused-ring (bicyclic) bond motifs is 9. The largest absolute Gasteiger partial charge is 0.504 e. The van der Waals surface area contributed by atoms with E-state index in [4.69, 9.17) is 4.74 Å². The Labute approximate surface area is 223 Å². The molecule has 184 valence electrons. The SMILES string of the molecule is COc1cc(C2c3sc(=O)[nH]c3SC3C2[C@H]2C[C@@H]3C3C(=O)N(c4ccc(Br)cc4)C(=O)C32)ccc1O. The number of benzene rings is 2. The number of H-pyrrole nitrogens is 1. The van der Waals surface area contributed by atoms with Crippen LogP contribution in [-0.2, 0) is 9.59 Å².